The van der Waals surface area contributed by atoms with Gasteiger partial charge in [-0.25, -0.2) is 0 Å². The Kier molecular flexibility index (Phi) is 9.26. The number of hydrogen-bond donors (Lipinski definition) is 3. The van der Waals surface area contributed by atoms with Crippen molar-refractivity contribution in [1.29, 1.82) is 0 Å². The molecule has 7 heteroatoms. The molecule has 1 unspecified atom stereocenters. The van der Waals surface area contributed by atoms with Crippen LogP contribution in [0.1, 0.15) is 113 Å². The molecule has 13 rings (SSSR count). The maximum atomic E-state index is 15.3. The first-order valence-electron chi connectivity index (χ1n) is 23.2. The minimum absolute atomic E-state index is 0.0681. The summed E-state index contributed by atoms with van der Waals surface area (Å²) in [5.41, 5.74) is -0.0112. The van der Waals surface area contributed by atoms with Gasteiger partial charge in [0.15, 0.2) is 5.78 Å². The number of hydrogen-bond acceptors (Lipinski definition) is 7. The Morgan fingerprint density at radius 1 is 0.847 bits per heavy atom. The highest BCUT2D eigenvalue weighted by atomic mass is 32.1. The summed E-state index contributed by atoms with van der Waals surface area (Å²) >= 11 is 1.60. The van der Waals surface area contributed by atoms with E-state index in [0.29, 0.717) is 32.5 Å². The van der Waals surface area contributed by atoms with Crippen molar-refractivity contribution in [3.05, 3.63) is 94.9 Å². The quantitative estimate of drug-likeness (QED) is 0.125. The molecule has 59 heavy (non-hydrogen) atoms. The number of carbonyl (C=O) groups excluding carboxylic acids is 1. The van der Waals surface area contributed by atoms with Gasteiger partial charge in [0.05, 0.1) is 35.9 Å². The van der Waals surface area contributed by atoms with Gasteiger partial charge in [-0.05, 0) is 147 Å². The van der Waals surface area contributed by atoms with Crippen LogP contribution in [-0.2, 0) is 11.3 Å². The van der Waals surface area contributed by atoms with Gasteiger partial charge in [0.2, 0.25) is 0 Å². The molecule has 0 saturated heterocycles. The predicted octanol–water partition coefficient (Wildman–Crippen LogP) is 9.77. The van der Waals surface area contributed by atoms with Gasteiger partial charge < -0.3 is 20.1 Å². The summed E-state index contributed by atoms with van der Waals surface area (Å²) < 4.78 is 7.25. The summed E-state index contributed by atoms with van der Waals surface area (Å²) in [5, 5.41) is 37.5. The van der Waals surface area contributed by atoms with Gasteiger partial charge in [-0.15, -0.1) is 11.3 Å². The van der Waals surface area contributed by atoms with Crippen molar-refractivity contribution in [2.75, 3.05) is 26.2 Å². The van der Waals surface area contributed by atoms with E-state index < -0.39 is 22.5 Å². The molecule has 6 bridgehead atoms. The summed E-state index contributed by atoms with van der Waals surface area (Å²) in [4.78, 5) is 18.6. The molecule has 0 amide bonds. The smallest absolute Gasteiger partial charge is 0.199 e. The number of carbonyl (C=O) groups is 1. The van der Waals surface area contributed by atoms with Crippen molar-refractivity contribution in [2.24, 2.45) is 56.7 Å². The van der Waals surface area contributed by atoms with Gasteiger partial charge >= 0.3 is 0 Å². The number of allylic oxidation sites excluding steroid dienone is 4. The normalized spacial score (nSPS) is 43.1. The fourth-order valence-electron chi connectivity index (χ4n) is 16.6. The first kappa shape index (κ1) is 39.2. The SMILES string of the molecule is C[C@]12CC[C@H]3[C@]4(C=C[C@@]5(C=C4C(=O)c4cc6ccccc6s4)CC(O)CC[C@]35C)[C@@H]1CC[C@@]2(O)CN(C[C@@H](O)COCc1ccccc1)CC12CC3CC(CC(C3)C1)C2. The number of nitrogens with zero attached hydrogens (tertiary/aromatic N) is 1. The van der Waals surface area contributed by atoms with Crippen LogP contribution in [0.2, 0.25) is 0 Å². The molecule has 10 aliphatic carbocycles. The second-order valence-corrected chi connectivity index (χ2v) is 23.1. The summed E-state index contributed by atoms with van der Waals surface area (Å²) in [7, 11) is 0. The molecule has 7 fully saturated rings. The van der Waals surface area contributed by atoms with E-state index in [1.54, 1.807) is 11.3 Å². The first-order chi connectivity index (χ1) is 28.3. The molecule has 314 valence electrons. The minimum atomic E-state index is -0.973. The highest BCUT2D eigenvalue weighted by molar-refractivity contribution is 7.21. The van der Waals surface area contributed by atoms with Crippen LogP contribution in [-0.4, -0.2) is 70.1 Å². The lowest BCUT2D eigenvalue weighted by molar-refractivity contribution is -0.179. The van der Waals surface area contributed by atoms with E-state index in [0.717, 1.165) is 82.5 Å². The summed E-state index contributed by atoms with van der Waals surface area (Å²) in [6, 6.07) is 20.6. The summed E-state index contributed by atoms with van der Waals surface area (Å²) in [6.07, 6.45) is 20.1. The Morgan fingerprint density at radius 2 is 1.53 bits per heavy atom. The Hall–Kier alpha value is -2.65. The molecule has 0 radical (unpaired) electrons. The van der Waals surface area contributed by atoms with Crippen LogP contribution in [0.3, 0.4) is 0 Å². The second kappa shape index (κ2) is 13.9. The lowest BCUT2D eigenvalue weighted by Gasteiger charge is -2.71. The molecular formula is C52H65NO5S. The van der Waals surface area contributed by atoms with E-state index in [4.69, 9.17) is 4.74 Å². The topological polar surface area (TPSA) is 90.2 Å². The molecule has 7 saturated carbocycles. The molecule has 2 spiro atoms. The number of aliphatic hydroxyl groups excluding tert-OH is 2. The molecule has 3 aromatic rings. The molecule has 1 aromatic heterocycles. The zero-order valence-electron chi connectivity index (χ0n) is 35.3. The Morgan fingerprint density at radius 3 is 2.27 bits per heavy atom. The van der Waals surface area contributed by atoms with Gasteiger partial charge in [0.1, 0.15) is 0 Å². The third-order valence-electron chi connectivity index (χ3n) is 18.7. The van der Waals surface area contributed by atoms with Crippen molar-refractivity contribution in [2.45, 2.75) is 122 Å². The highest BCUT2D eigenvalue weighted by Gasteiger charge is 2.74. The predicted molar refractivity (Wildman–Crippen MR) is 234 cm³/mol. The van der Waals surface area contributed by atoms with Crippen LogP contribution in [0, 0.1) is 56.7 Å². The number of fused-ring (bicyclic) bond motifs is 2. The van der Waals surface area contributed by atoms with E-state index in [1.165, 1.54) is 38.5 Å². The maximum absolute atomic E-state index is 15.3. The van der Waals surface area contributed by atoms with Crippen LogP contribution < -0.4 is 0 Å². The largest absolute Gasteiger partial charge is 0.393 e. The lowest BCUT2D eigenvalue weighted by Crippen LogP contribution is -2.67. The Balaban J connectivity index is 0.929. The van der Waals surface area contributed by atoms with Crippen LogP contribution in [0.15, 0.2) is 84.5 Å². The average molecular weight is 816 g/mol. The molecule has 6 nitrogen and oxygen atoms in total. The fourth-order valence-corrected chi connectivity index (χ4v) is 17.6. The van der Waals surface area contributed by atoms with Crippen LogP contribution in [0.25, 0.3) is 10.1 Å². The fraction of sp³-hybridized carbons (Fsp3) is 0.635. The van der Waals surface area contributed by atoms with E-state index >= 15 is 4.79 Å². The highest BCUT2D eigenvalue weighted by Crippen LogP contribution is 2.78. The number of rotatable bonds is 12. The van der Waals surface area contributed by atoms with Gasteiger partial charge in [-0.1, -0.05) is 80.6 Å². The standard InChI is InChI=1S/C52H65NO5S/c1-47-15-12-39(54)27-50(47)18-19-52(41(28-50)46(56)43-23-38-10-6-7-11-42(38)59-43)44(47)13-16-48(2)45(52)14-17-51(48,57)33-53(29-40(55)31-58-30-34-8-4-3-5-9-34)32-49-24-35-20-36(25-49)22-37(21-35)26-49/h3-11,18-19,23,28,35-37,39-40,44-45,54-55,57H,12-17,20-22,24-27,29-33H2,1-2H3/t35?,36?,37?,39?,40-,44-,45-,47-,48+,49?,50+,51-,52-/m1/s1. The zero-order valence-corrected chi connectivity index (χ0v) is 36.1. The molecule has 0 aliphatic heterocycles. The number of ether oxygens (including phenoxy) is 1. The third-order valence-corrected chi connectivity index (χ3v) is 19.8. The molecule has 10 aliphatic rings. The van der Waals surface area contributed by atoms with Crippen molar-refractivity contribution in [3.63, 3.8) is 0 Å². The zero-order chi connectivity index (χ0) is 40.4. The molecule has 3 N–H and O–H groups in total. The van der Waals surface area contributed by atoms with Crippen LogP contribution in [0.4, 0.5) is 0 Å². The van der Waals surface area contributed by atoms with E-state index in [1.807, 2.05) is 24.3 Å². The number of thiophene rings is 1. The van der Waals surface area contributed by atoms with E-state index in [2.05, 4.69) is 73.4 Å². The van der Waals surface area contributed by atoms with Gasteiger partial charge in [0.25, 0.3) is 0 Å². The van der Waals surface area contributed by atoms with Gasteiger partial charge in [-0.3, -0.25) is 9.69 Å². The lowest BCUT2D eigenvalue weighted by atomic mass is 9.32. The average Bonchev–Trinajstić information content (AvgIpc) is 3.75. The number of ketones is 1. The number of benzene rings is 2. The van der Waals surface area contributed by atoms with Crippen LogP contribution >= 0.6 is 11.3 Å². The van der Waals surface area contributed by atoms with Crippen molar-refractivity contribution >= 4 is 27.2 Å². The van der Waals surface area contributed by atoms with E-state index in [9.17, 15) is 15.3 Å². The Labute approximate surface area is 355 Å². The number of aliphatic hydroxyl groups is 3. The van der Waals surface area contributed by atoms with Crippen molar-refractivity contribution in [3.8, 4) is 0 Å². The summed E-state index contributed by atoms with van der Waals surface area (Å²) in [6.45, 7) is 7.55. The van der Waals surface area contributed by atoms with Crippen LogP contribution in [0.5, 0.6) is 0 Å². The van der Waals surface area contributed by atoms with Crippen molar-refractivity contribution < 1.29 is 24.9 Å². The monoisotopic (exact) mass is 815 g/mol. The van der Waals surface area contributed by atoms with E-state index in [-0.39, 0.29) is 46.6 Å². The maximum Gasteiger partial charge on any atom is 0.199 e. The molecular weight excluding hydrogens is 751 g/mol. The second-order valence-electron chi connectivity index (χ2n) is 22.0. The van der Waals surface area contributed by atoms with Gasteiger partial charge in [0, 0.05) is 46.2 Å². The van der Waals surface area contributed by atoms with Gasteiger partial charge in [-0.2, -0.15) is 0 Å². The molecule has 1 heterocycles. The van der Waals surface area contributed by atoms with Crippen molar-refractivity contribution in [1.82, 2.24) is 4.90 Å². The minimum Gasteiger partial charge on any atom is -0.393 e. The summed E-state index contributed by atoms with van der Waals surface area (Å²) in [5.74, 6) is 2.99. The Bertz CT molecular complexity index is 2110. The molecule has 2 aromatic carbocycles. The molecule has 9 atom stereocenters. The first-order valence-corrected chi connectivity index (χ1v) is 24.1. The number of Topliss-reactive ketones (excluding diaryl/α,β-unsaturated/α-hetero) is 1. The third kappa shape index (κ3) is 5.98.